The van der Waals surface area contributed by atoms with Gasteiger partial charge in [-0.05, 0) is 13.0 Å². The fourth-order valence-corrected chi connectivity index (χ4v) is 0.393. The van der Waals surface area contributed by atoms with E-state index >= 15 is 0 Å². The van der Waals surface area contributed by atoms with Crippen molar-refractivity contribution in [1.29, 1.82) is 0 Å². The zero-order valence-corrected chi connectivity index (χ0v) is 6.30. The molecule has 0 aliphatic carbocycles. The van der Waals surface area contributed by atoms with Crippen molar-refractivity contribution in [1.82, 2.24) is 0 Å². The van der Waals surface area contributed by atoms with Gasteiger partial charge in [-0.3, -0.25) is 0 Å². The van der Waals surface area contributed by atoms with E-state index in [9.17, 15) is 30.7 Å². The zero-order valence-electron chi connectivity index (χ0n) is 6.30. The van der Waals surface area contributed by atoms with E-state index in [1.54, 1.807) is 0 Å². The van der Waals surface area contributed by atoms with Crippen molar-refractivity contribution in [2.45, 2.75) is 25.2 Å². The summed E-state index contributed by atoms with van der Waals surface area (Å²) in [6.07, 6.45) is -9.92. The molecule has 0 aliphatic rings. The molecular formula is C6H5F7. The first-order chi connectivity index (χ1) is 5.57. The fourth-order valence-electron chi connectivity index (χ4n) is 0.393. The molecule has 0 nitrogen and oxygen atoms in total. The van der Waals surface area contributed by atoms with Gasteiger partial charge in [-0.2, -0.15) is 13.2 Å². The molecule has 0 spiro atoms. The molecule has 7 heteroatoms. The number of halogens is 7. The molecular weight excluding hydrogens is 205 g/mol. The molecule has 0 fully saturated rings. The summed E-state index contributed by atoms with van der Waals surface area (Å²) < 4.78 is 81.7. The average Bonchev–Trinajstić information content (AvgIpc) is 1.83. The maximum Gasteiger partial charge on any atom is 0.442 e. The summed E-state index contributed by atoms with van der Waals surface area (Å²) in [6, 6.07) is 0. The molecule has 78 valence electrons. The lowest BCUT2D eigenvalue weighted by atomic mass is 10.1. The van der Waals surface area contributed by atoms with Gasteiger partial charge in [-0.15, -0.1) is 0 Å². The monoisotopic (exact) mass is 210 g/mol. The minimum atomic E-state index is -5.43. The van der Waals surface area contributed by atoms with Crippen LogP contribution in [0, 0.1) is 0 Å². The van der Waals surface area contributed by atoms with Gasteiger partial charge >= 0.3 is 6.18 Å². The summed E-state index contributed by atoms with van der Waals surface area (Å²) in [6.45, 7) is 0.156. The summed E-state index contributed by atoms with van der Waals surface area (Å²) in [5, 5.41) is 0. The molecule has 0 N–H and O–H groups in total. The van der Waals surface area contributed by atoms with Crippen LogP contribution in [0.5, 0.6) is 0 Å². The van der Waals surface area contributed by atoms with Crippen LogP contribution in [-0.2, 0) is 0 Å². The van der Waals surface area contributed by atoms with Crippen LogP contribution in [0.15, 0.2) is 11.9 Å². The van der Waals surface area contributed by atoms with Crippen molar-refractivity contribution in [2.75, 3.05) is 0 Å². The van der Waals surface area contributed by atoms with Crippen LogP contribution in [0.4, 0.5) is 30.7 Å². The summed E-state index contributed by atoms with van der Waals surface area (Å²) in [5.74, 6) is -2.86. The first kappa shape index (κ1) is 12.2. The predicted octanol–water partition coefficient (Wildman–Crippen LogP) is 3.40. The smallest absolute Gasteiger partial charge is 0.233 e. The van der Waals surface area contributed by atoms with E-state index in [2.05, 4.69) is 0 Å². The molecule has 1 unspecified atom stereocenters. The van der Waals surface area contributed by atoms with Gasteiger partial charge in [-0.1, -0.05) is 0 Å². The fraction of sp³-hybridized carbons (Fsp3) is 0.667. The molecule has 0 radical (unpaired) electrons. The van der Waals surface area contributed by atoms with E-state index < -0.39 is 30.2 Å². The summed E-state index contributed by atoms with van der Waals surface area (Å²) in [7, 11) is 0. The Hall–Kier alpha value is -0.750. The molecule has 0 aromatic rings. The lowest BCUT2D eigenvalue weighted by molar-refractivity contribution is -0.111. The van der Waals surface area contributed by atoms with Crippen LogP contribution in [0.1, 0.15) is 6.92 Å². The highest BCUT2D eigenvalue weighted by atomic mass is 19.4. The summed E-state index contributed by atoms with van der Waals surface area (Å²) in [5.41, 5.74) is -3.61. The van der Waals surface area contributed by atoms with Crippen molar-refractivity contribution < 1.29 is 30.7 Å². The van der Waals surface area contributed by atoms with E-state index in [1.807, 2.05) is 0 Å². The second kappa shape index (κ2) is 3.55. The summed E-state index contributed by atoms with van der Waals surface area (Å²) in [4.78, 5) is 0. The van der Waals surface area contributed by atoms with Crippen LogP contribution >= 0.6 is 0 Å². The van der Waals surface area contributed by atoms with Gasteiger partial charge in [0, 0.05) is 0 Å². The maximum absolute atomic E-state index is 12.4. The largest absolute Gasteiger partial charge is 0.442 e. The molecule has 0 saturated carbocycles. The predicted molar refractivity (Wildman–Crippen MR) is 30.8 cm³/mol. The number of hydrogen-bond acceptors (Lipinski definition) is 0. The van der Waals surface area contributed by atoms with Gasteiger partial charge in [0.25, 0.3) is 6.43 Å². The third kappa shape index (κ3) is 3.65. The molecule has 0 amide bonds. The Bertz CT molecular complexity index is 200. The first-order valence-corrected chi connectivity index (χ1v) is 3.00. The Labute approximate surface area is 69.0 Å². The van der Waals surface area contributed by atoms with Crippen molar-refractivity contribution in [3.63, 3.8) is 0 Å². The molecule has 0 heterocycles. The molecule has 0 saturated heterocycles. The molecule has 0 bridgehead atoms. The highest BCUT2D eigenvalue weighted by Crippen LogP contribution is 2.31. The quantitative estimate of drug-likeness (QED) is 0.612. The van der Waals surface area contributed by atoms with Gasteiger partial charge in [0.2, 0.25) is 5.83 Å². The number of alkyl halides is 6. The molecule has 1 atom stereocenters. The van der Waals surface area contributed by atoms with E-state index in [0.29, 0.717) is 0 Å². The van der Waals surface area contributed by atoms with Crippen LogP contribution in [0.2, 0.25) is 0 Å². The Morgan fingerprint density at radius 3 is 1.77 bits per heavy atom. The SMILES string of the molecule is CC(F)(C=C(F)C(F)(F)F)C(F)F. The molecule has 0 aromatic carbocycles. The zero-order chi connectivity index (χ0) is 10.9. The first-order valence-electron chi connectivity index (χ1n) is 3.00. The van der Waals surface area contributed by atoms with Gasteiger partial charge in [0.05, 0.1) is 0 Å². The number of rotatable bonds is 2. The van der Waals surface area contributed by atoms with E-state index in [1.165, 1.54) is 0 Å². The second-order valence-electron chi connectivity index (χ2n) is 2.44. The van der Waals surface area contributed by atoms with Crippen LogP contribution < -0.4 is 0 Å². The lowest BCUT2D eigenvalue weighted by Gasteiger charge is -2.15. The van der Waals surface area contributed by atoms with E-state index in [0.717, 1.165) is 0 Å². The minimum Gasteiger partial charge on any atom is -0.233 e. The highest BCUT2D eigenvalue weighted by molar-refractivity contribution is 5.09. The summed E-state index contributed by atoms with van der Waals surface area (Å²) >= 11 is 0. The standard InChI is InChI=1S/C6H5F7/c1-5(10,4(8)9)2-3(7)6(11,12)13/h2,4H,1H3. The van der Waals surface area contributed by atoms with Gasteiger partial charge in [0.15, 0.2) is 5.67 Å². The van der Waals surface area contributed by atoms with Crippen LogP contribution in [0.25, 0.3) is 0 Å². The van der Waals surface area contributed by atoms with Crippen LogP contribution in [0.3, 0.4) is 0 Å². The van der Waals surface area contributed by atoms with Crippen molar-refractivity contribution in [3.05, 3.63) is 11.9 Å². The minimum absolute atomic E-state index is 0.156. The molecule has 0 aliphatic heterocycles. The Morgan fingerprint density at radius 2 is 1.54 bits per heavy atom. The normalized spacial score (nSPS) is 19.0. The highest BCUT2D eigenvalue weighted by Gasteiger charge is 2.41. The molecule has 0 rings (SSSR count). The van der Waals surface area contributed by atoms with E-state index in [4.69, 9.17) is 0 Å². The van der Waals surface area contributed by atoms with Crippen molar-refractivity contribution >= 4 is 0 Å². The Morgan fingerprint density at radius 1 is 1.15 bits per heavy atom. The third-order valence-corrected chi connectivity index (χ3v) is 1.11. The van der Waals surface area contributed by atoms with E-state index in [-0.39, 0.29) is 6.92 Å². The second-order valence-corrected chi connectivity index (χ2v) is 2.44. The number of hydrogen-bond donors (Lipinski definition) is 0. The molecule has 0 aromatic heterocycles. The van der Waals surface area contributed by atoms with Gasteiger partial charge in [0.1, 0.15) is 0 Å². The Kier molecular flexibility index (Phi) is 3.34. The number of allylic oxidation sites excluding steroid dienone is 2. The topological polar surface area (TPSA) is 0 Å². The van der Waals surface area contributed by atoms with Crippen molar-refractivity contribution in [3.8, 4) is 0 Å². The lowest BCUT2D eigenvalue weighted by Crippen LogP contribution is -2.27. The van der Waals surface area contributed by atoms with Gasteiger partial charge in [-0.25, -0.2) is 17.6 Å². The van der Waals surface area contributed by atoms with Gasteiger partial charge < -0.3 is 0 Å². The Balaban J connectivity index is 4.75. The third-order valence-electron chi connectivity index (χ3n) is 1.11. The molecule has 13 heavy (non-hydrogen) atoms. The maximum atomic E-state index is 12.4. The van der Waals surface area contributed by atoms with Crippen LogP contribution in [-0.4, -0.2) is 18.3 Å². The average molecular weight is 210 g/mol. The van der Waals surface area contributed by atoms with Crippen molar-refractivity contribution in [2.24, 2.45) is 0 Å².